The van der Waals surface area contributed by atoms with E-state index >= 15 is 0 Å². The third-order valence-electron chi connectivity index (χ3n) is 2.32. The van der Waals surface area contributed by atoms with Crippen molar-refractivity contribution in [2.45, 2.75) is 4.90 Å². The fourth-order valence-corrected chi connectivity index (χ4v) is 1.99. The van der Waals surface area contributed by atoms with E-state index in [4.69, 9.17) is 9.29 Å². The molecule has 0 saturated carbocycles. The summed E-state index contributed by atoms with van der Waals surface area (Å²) in [6, 6.07) is 4.32. The van der Waals surface area contributed by atoms with E-state index in [-0.39, 0.29) is 4.90 Å². The summed E-state index contributed by atoms with van der Waals surface area (Å²) in [5, 5.41) is 0. The quantitative estimate of drug-likeness (QED) is 0.720. The second kappa shape index (κ2) is 3.39. The molecule has 0 bridgehead atoms. The maximum atomic E-state index is 10.9. The largest absolute Gasteiger partial charge is 0.490 e. The number of likely N-dealkylation sites (N-methyl/N-ethyl adjacent to an activating group) is 1. The molecule has 0 aliphatic carbocycles. The average Bonchev–Trinajstić information content (AvgIpc) is 2.16. The predicted octanol–water partition coefficient (Wildman–Crippen LogP) is 0.762. The smallest absolute Gasteiger partial charge is 0.294 e. The van der Waals surface area contributed by atoms with E-state index in [0.717, 1.165) is 12.2 Å². The lowest BCUT2D eigenvalue weighted by Crippen LogP contribution is -2.28. The van der Waals surface area contributed by atoms with Crippen molar-refractivity contribution in [3.8, 4) is 5.75 Å². The molecule has 1 N–H and O–H groups in total. The molecule has 0 spiro atoms. The number of nitrogens with zero attached hydrogens (tertiary/aromatic N) is 1. The Labute approximate surface area is 88.0 Å². The van der Waals surface area contributed by atoms with E-state index in [1.807, 2.05) is 11.9 Å². The molecule has 1 aliphatic rings. The van der Waals surface area contributed by atoms with Gasteiger partial charge in [-0.3, -0.25) is 4.55 Å². The highest BCUT2D eigenvalue weighted by Gasteiger charge is 2.18. The Morgan fingerprint density at radius 3 is 2.87 bits per heavy atom. The fraction of sp³-hybridized carbons (Fsp3) is 0.333. The Kier molecular flexibility index (Phi) is 2.32. The second-order valence-electron chi connectivity index (χ2n) is 3.37. The van der Waals surface area contributed by atoms with Crippen molar-refractivity contribution in [1.29, 1.82) is 0 Å². The number of fused-ring (bicyclic) bond motifs is 1. The number of rotatable bonds is 1. The molecule has 6 heteroatoms. The van der Waals surface area contributed by atoms with Gasteiger partial charge in [0.25, 0.3) is 10.1 Å². The number of anilines is 1. The Balaban J connectivity index is 2.51. The summed E-state index contributed by atoms with van der Waals surface area (Å²) >= 11 is 0. The molecule has 2 rings (SSSR count). The van der Waals surface area contributed by atoms with Crippen LogP contribution in [0.3, 0.4) is 0 Å². The number of hydrogen-bond donors (Lipinski definition) is 1. The van der Waals surface area contributed by atoms with Crippen LogP contribution in [-0.4, -0.2) is 33.2 Å². The standard InChI is InChI=1S/C9H11NO4S/c1-10-4-5-14-9-6-7(15(11,12)13)2-3-8(9)10/h2-3,6H,4-5H2,1H3,(H,11,12,13). The van der Waals surface area contributed by atoms with Crippen LogP contribution in [0.25, 0.3) is 0 Å². The lowest BCUT2D eigenvalue weighted by Gasteiger charge is -2.27. The zero-order chi connectivity index (χ0) is 11.1. The van der Waals surface area contributed by atoms with E-state index in [1.54, 1.807) is 6.07 Å². The van der Waals surface area contributed by atoms with Gasteiger partial charge in [-0.15, -0.1) is 0 Å². The van der Waals surface area contributed by atoms with Gasteiger partial charge >= 0.3 is 0 Å². The van der Waals surface area contributed by atoms with Crippen LogP contribution in [0.4, 0.5) is 5.69 Å². The lowest BCUT2D eigenvalue weighted by atomic mass is 10.2. The summed E-state index contributed by atoms with van der Waals surface area (Å²) in [6.07, 6.45) is 0. The van der Waals surface area contributed by atoms with Gasteiger partial charge in [0.2, 0.25) is 0 Å². The minimum Gasteiger partial charge on any atom is -0.490 e. The Hall–Kier alpha value is -1.27. The van der Waals surface area contributed by atoms with E-state index in [1.165, 1.54) is 12.1 Å². The molecule has 15 heavy (non-hydrogen) atoms. The van der Waals surface area contributed by atoms with Crippen LogP contribution in [-0.2, 0) is 10.1 Å². The molecule has 0 atom stereocenters. The molecule has 0 fully saturated rings. The first-order chi connectivity index (χ1) is 6.98. The SMILES string of the molecule is CN1CCOc2cc(S(=O)(=O)O)ccc21. The maximum Gasteiger partial charge on any atom is 0.294 e. The summed E-state index contributed by atoms with van der Waals surface area (Å²) in [5.41, 5.74) is 0.827. The van der Waals surface area contributed by atoms with Gasteiger partial charge in [-0.2, -0.15) is 8.42 Å². The van der Waals surface area contributed by atoms with Crippen LogP contribution < -0.4 is 9.64 Å². The van der Waals surface area contributed by atoms with Crippen molar-refractivity contribution in [1.82, 2.24) is 0 Å². The van der Waals surface area contributed by atoms with Crippen LogP contribution in [0.15, 0.2) is 23.1 Å². The zero-order valence-electron chi connectivity index (χ0n) is 8.17. The van der Waals surface area contributed by atoms with Crippen molar-refractivity contribution in [2.24, 2.45) is 0 Å². The lowest BCUT2D eigenvalue weighted by molar-refractivity contribution is 0.310. The van der Waals surface area contributed by atoms with Gasteiger partial charge in [0, 0.05) is 13.1 Å². The third-order valence-corrected chi connectivity index (χ3v) is 3.17. The summed E-state index contributed by atoms with van der Waals surface area (Å²) in [6.45, 7) is 1.27. The van der Waals surface area contributed by atoms with Gasteiger partial charge in [0.15, 0.2) is 0 Å². The molecule has 0 radical (unpaired) electrons. The summed E-state index contributed by atoms with van der Waals surface area (Å²) in [4.78, 5) is 1.82. The minimum atomic E-state index is -4.15. The molecule has 1 aliphatic heterocycles. The molecule has 0 saturated heterocycles. The highest BCUT2D eigenvalue weighted by atomic mass is 32.2. The Morgan fingerprint density at radius 2 is 2.20 bits per heavy atom. The molecular formula is C9H11NO4S. The van der Waals surface area contributed by atoms with E-state index in [0.29, 0.717) is 12.4 Å². The minimum absolute atomic E-state index is 0.142. The first-order valence-corrected chi connectivity index (χ1v) is 5.88. The number of benzene rings is 1. The molecule has 82 valence electrons. The van der Waals surface area contributed by atoms with Gasteiger partial charge in [-0.05, 0) is 12.1 Å². The molecular weight excluding hydrogens is 218 g/mol. The highest BCUT2D eigenvalue weighted by Crippen LogP contribution is 2.32. The molecule has 0 unspecified atom stereocenters. The summed E-state index contributed by atoms with van der Waals surface area (Å²) < 4.78 is 35.9. The van der Waals surface area contributed by atoms with Gasteiger partial charge < -0.3 is 9.64 Å². The molecule has 1 aromatic rings. The van der Waals surface area contributed by atoms with Crippen molar-refractivity contribution in [2.75, 3.05) is 25.1 Å². The fourth-order valence-electron chi connectivity index (χ4n) is 1.50. The first kappa shape index (κ1) is 10.3. The van der Waals surface area contributed by atoms with Crippen LogP contribution in [0.1, 0.15) is 0 Å². The Morgan fingerprint density at radius 1 is 1.47 bits per heavy atom. The summed E-state index contributed by atoms with van der Waals surface area (Å²) in [5.74, 6) is 0.485. The highest BCUT2D eigenvalue weighted by molar-refractivity contribution is 7.85. The maximum absolute atomic E-state index is 10.9. The second-order valence-corrected chi connectivity index (χ2v) is 4.80. The topological polar surface area (TPSA) is 66.8 Å². The van der Waals surface area contributed by atoms with Gasteiger partial charge in [0.05, 0.1) is 17.1 Å². The van der Waals surface area contributed by atoms with Gasteiger partial charge in [-0.25, -0.2) is 0 Å². The first-order valence-electron chi connectivity index (χ1n) is 4.44. The van der Waals surface area contributed by atoms with E-state index in [9.17, 15) is 8.42 Å². The van der Waals surface area contributed by atoms with Gasteiger partial charge in [-0.1, -0.05) is 0 Å². The molecule has 1 aromatic carbocycles. The Bertz CT molecular complexity index is 483. The van der Waals surface area contributed by atoms with Crippen molar-refractivity contribution in [3.05, 3.63) is 18.2 Å². The normalized spacial score (nSPS) is 15.7. The van der Waals surface area contributed by atoms with Crippen molar-refractivity contribution in [3.63, 3.8) is 0 Å². The van der Waals surface area contributed by atoms with Crippen LogP contribution in [0.5, 0.6) is 5.75 Å². The third kappa shape index (κ3) is 1.91. The van der Waals surface area contributed by atoms with Crippen LogP contribution in [0, 0.1) is 0 Å². The average molecular weight is 229 g/mol. The predicted molar refractivity (Wildman–Crippen MR) is 55.0 cm³/mol. The molecule has 5 nitrogen and oxygen atoms in total. The number of ether oxygens (including phenoxy) is 1. The zero-order valence-corrected chi connectivity index (χ0v) is 8.99. The van der Waals surface area contributed by atoms with E-state index in [2.05, 4.69) is 0 Å². The molecule has 1 heterocycles. The molecule has 0 amide bonds. The van der Waals surface area contributed by atoms with Crippen molar-refractivity contribution < 1.29 is 17.7 Å². The van der Waals surface area contributed by atoms with Gasteiger partial charge in [0.1, 0.15) is 12.4 Å². The van der Waals surface area contributed by atoms with Crippen molar-refractivity contribution >= 4 is 15.8 Å². The summed E-state index contributed by atoms with van der Waals surface area (Å²) in [7, 11) is -2.26. The van der Waals surface area contributed by atoms with E-state index < -0.39 is 10.1 Å². The monoisotopic (exact) mass is 229 g/mol. The number of hydrogen-bond acceptors (Lipinski definition) is 4. The molecule has 0 aromatic heterocycles. The van der Waals surface area contributed by atoms with Crippen LogP contribution in [0.2, 0.25) is 0 Å². The van der Waals surface area contributed by atoms with Crippen LogP contribution >= 0.6 is 0 Å².